The third-order valence-corrected chi connectivity index (χ3v) is 1.96. The van der Waals surface area contributed by atoms with Gasteiger partial charge in [-0.2, -0.15) is 0 Å². The smallest absolute Gasteiger partial charge is 0.214 e. The highest BCUT2D eigenvalue weighted by Crippen LogP contribution is 2.14. The highest BCUT2D eigenvalue weighted by molar-refractivity contribution is 14.1. The van der Waals surface area contributed by atoms with E-state index in [9.17, 15) is 4.79 Å². The molecule has 1 rings (SSSR count). The number of ether oxygens (including phenoxy) is 1. The van der Waals surface area contributed by atoms with E-state index in [2.05, 4.69) is 27.6 Å². The van der Waals surface area contributed by atoms with Gasteiger partial charge in [0.15, 0.2) is 5.78 Å². The van der Waals surface area contributed by atoms with E-state index < -0.39 is 0 Å². The third kappa shape index (κ3) is 2.17. The normalized spacial score (nSPS) is 9.58. The van der Waals surface area contributed by atoms with Crippen molar-refractivity contribution in [3.05, 3.63) is 21.4 Å². The standard InChI is InChI=1S/C8H8INO2/c1-5(11)7-3-6(9)4-8(10-7)12-2/h3-4H,1-2H3. The number of halogens is 1. The molecule has 0 N–H and O–H groups in total. The Morgan fingerprint density at radius 1 is 1.58 bits per heavy atom. The van der Waals surface area contributed by atoms with Gasteiger partial charge < -0.3 is 4.74 Å². The first-order chi connectivity index (χ1) is 5.63. The first kappa shape index (κ1) is 9.44. The van der Waals surface area contributed by atoms with Gasteiger partial charge in [-0.15, -0.1) is 0 Å². The zero-order chi connectivity index (χ0) is 9.14. The molecule has 0 fully saturated rings. The van der Waals surface area contributed by atoms with Gasteiger partial charge in [-0.3, -0.25) is 4.79 Å². The zero-order valence-electron chi connectivity index (χ0n) is 6.80. The number of nitrogens with zero attached hydrogens (tertiary/aromatic N) is 1. The zero-order valence-corrected chi connectivity index (χ0v) is 8.95. The van der Waals surface area contributed by atoms with Crippen LogP contribution in [-0.4, -0.2) is 17.9 Å². The fraction of sp³-hybridized carbons (Fsp3) is 0.250. The molecule has 1 aromatic rings. The summed E-state index contributed by atoms with van der Waals surface area (Å²) in [7, 11) is 1.53. The maximum absolute atomic E-state index is 10.9. The van der Waals surface area contributed by atoms with Crippen LogP contribution in [0.25, 0.3) is 0 Å². The van der Waals surface area contributed by atoms with Gasteiger partial charge in [0, 0.05) is 16.6 Å². The maximum atomic E-state index is 10.9. The first-order valence-electron chi connectivity index (χ1n) is 3.36. The van der Waals surface area contributed by atoms with Crippen molar-refractivity contribution >= 4 is 28.4 Å². The average molecular weight is 277 g/mol. The van der Waals surface area contributed by atoms with E-state index in [0.717, 1.165) is 3.57 Å². The minimum absolute atomic E-state index is 0.0492. The van der Waals surface area contributed by atoms with Crippen LogP contribution in [0.3, 0.4) is 0 Å². The topological polar surface area (TPSA) is 39.2 Å². The van der Waals surface area contributed by atoms with Crippen molar-refractivity contribution in [2.45, 2.75) is 6.92 Å². The van der Waals surface area contributed by atoms with Crippen LogP contribution in [0, 0.1) is 3.57 Å². The summed E-state index contributed by atoms with van der Waals surface area (Å²) < 4.78 is 5.87. The largest absolute Gasteiger partial charge is 0.481 e. The molecule has 0 saturated heterocycles. The van der Waals surface area contributed by atoms with Crippen LogP contribution in [0.2, 0.25) is 0 Å². The van der Waals surface area contributed by atoms with E-state index in [4.69, 9.17) is 4.74 Å². The number of Topliss-reactive ketones (excluding diaryl/α,β-unsaturated/α-hetero) is 1. The molecule has 1 heterocycles. The van der Waals surface area contributed by atoms with E-state index in [0.29, 0.717) is 11.6 Å². The number of rotatable bonds is 2. The van der Waals surface area contributed by atoms with Crippen LogP contribution >= 0.6 is 22.6 Å². The third-order valence-electron chi connectivity index (χ3n) is 1.34. The Morgan fingerprint density at radius 3 is 2.75 bits per heavy atom. The van der Waals surface area contributed by atoms with Gasteiger partial charge in [-0.1, -0.05) is 0 Å². The van der Waals surface area contributed by atoms with Gasteiger partial charge in [0.1, 0.15) is 5.69 Å². The van der Waals surface area contributed by atoms with Crippen LogP contribution in [0.4, 0.5) is 0 Å². The molecule has 12 heavy (non-hydrogen) atoms. The number of pyridine rings is 1. The second kappa shape index (κ2) is 3.84. The Hall–Kier alpha value is -0.650. The van der Waals surface area contributed by atoms with Crippen molar-refractivity contribution in [2.24, 2.45) is 0 Å². The number of methoxy groups -OCH3 is 1. The Morgan fingerprint density at radius 2 is 2.25 bits per heavy atom. The van der Waals surface area contributed by atoms with E-state index in [-0.39, 0.29) is 5.78 Å². The van der Waals surface area contributed by atoms with Crippen molar-refractivity contribution in [1.82, 2.24) is 4.98 Å². The van der Waals surface area contributed by atoms with Crippen molar-refractivity contribution in [2.75, 3.05) is 7.11 Å². The van der Waals surface area contributed by atoms with Crippen LogP contribution in [-0.2, 0) is 0 Å². The Kier molecular flexibility index (Phi) is 3.02. The SMILES string of the molecule is COc1cc(I)cc(C(C)=O)n1. The highest BCUT2D eigenvalue weighted by atomic mass is 127. The molecule has 0 radical (unpaired) electrons. The molecule has 1 aromatic heterocycles. The molecular formula is C8H8INO2. The number of hydrogen-bond acceptors (Lipinski definition) is 3. The van der Waals surface area contributed by atoms with Gasteiger partial charge in [0.05, 0.1) is 7.11 Å². The molecule has 0 aliphatic heterocycles. The second-order valence-corrected chi connectivity index (χ2v) is 3.51. The molecule has 0 aromatic carbocycles. The Labute approximate surface area is 84.3 Å². The summed E-state index contributed by atoms with van der Waals surface area (Å²) in [5, 5.41) is 0. The lowest BCUT2D eigenvalue weighted by Gasteiger charge is -2.01. The molecule has 3 nitrogen and oxygen atoms in total. The van der Waals surface area contributed by atoms with E-state index in [1.54, 1.807) is 12.1 Å². The lowest BCUT2D eigenvalue weighted by Crippen LogP contribution is -1.99. The lowest BCUT2D eigenvalue weighted by atomic mass is 10.3. The fourth-order valence-corrected chi connectivity index (χ4v) is 1.32. The van der Waals surface area contributed by atoms with Crippen molar-refractivity contribution < 1.29 is 9.53 Å². The molecule has 64 valence electrons. The highest BCUT2D eigenvalue weighted by Gasteiger charge is 2.04. The lowest BCUT2D eigenvalue weighted by molar-refractivity contribution is 0.101. The fourth-order valence-electron chi connectivity index (χ4n) is 0.758. The number of ketones is 1. The molecule has 0 amide bonds. The minimum Gasteiger partial charge on any atom is -0.481 e. The van der Waals surface area contributed by atoms with Gasteiger partial charge >= 0.3 is 0 Å². The van der Waals surface area contributed by atoms with Gasteiger partial charge in [-0.05, 0) is 28.7 Å². The maximum Gasteiger partial charge on any atom is 0.214 e. The molecule has 0 unspecified atom stereocenters. The molecule has 0 spiro atoms. The van der Waals surface area contributed by atoms with Gasteiger partial charge in [-0.25, -0.2) is 4.98 Å². The molecular weight excluding hydrogens is 269 g/mol. The molecule has 0 saturated carbocycles. The molecule has 4 heteroatoms. The quantitative estimate of drug-likeness (QED) is 0.612. The van der Waals surface area contributed by atoms with Crippen LogP contribution in [0.15, 0.2) is 12.1 Å². The summed E-state index contributed by atoms with van der Waals surface area (Å²) in [5.41, 5.74) is 0.443. The van der Waals surface area contributed by atoms with Crippen LogP contribution in [0.5, 0.6) is 5.88 Å². The van der Waals surface area contributed by atoms with Crippen molar-refractivity contribution in [3.8, 4) is 5.88 Å². The van der Waals surface area contributed by atoms with Crippen molar-refractivity contribution in [3.63, 3.8) is 0 Å². The van der Waals surface area contributed by atoms with Crippen LogP contribution in [0.1, 0.15) is 17.4 Å². The number of hydrogen-bond donors (Lipinski definition) is 0. The molecule has 0 aliphatic carbocycles. The summed E-state index contributed by atoms with van der Waals surface area (Å²) in [5.74, 6) is 0.430. The van der Waals surface area contributed by atoms with Gasteiger partial charge in [0.2, 0.25) is 5.88 Å². The average Bonchev–Trinajstić information content (AvgIpc) is 2.03. The molecule has 0 atom stereocenters. The first-order valence-corrected chi connectivity index (χ1v) is 4.44. The van der Waals surface area contributed by atoms with Gasteiger partial charge in [0.25, 0.3) is 0 Å². The molecule has 0 aliphatic rings. The van der Waals surface area contributed by atoms with Crippen molar-refractivity contribution in [1.29, 1.82) is 0 Å². The summed E-state index contributed by atoms with van der Waals surface area (Å²) in [6, 6.07) is 3.50. The number of aromatic nitrogens is 1. The molecule has 0 bridgehead atoms. The van der Waals surface area contributed by atoms with Crippen LogP contribution < -0.4 is 4.74 Å². The monoisotopic (exact) mass is 277 g/mol. The van der Waals surface area contributed by atoms with E-state index in [1.807, 2.05) is 0 Å². The Balaban J connectivity index is 3.15. The predicted octanol–water partition coefficient (Wildman–Crippen LogP) is 1.90. The summed E-state index contributed by atoms with van der Waals surface area (Å²) >= 11 is 2.12. The summed E-state index contributed by atoms with van der Waals surface area (Å²) in [6.07, 6.45) is 0. The summed E-state index contributed by atoms with van der Waals surface area (Å²) in [4.78, 5) is 14.9. The minimum atomic E-state index is -0.0492. The second-order valence-electron chi connectivity index (χ2n) is 2.27. The predicted molar refractivity (Wildman–Crippen MR) is 53.5 cm³/mol. The number of carbonyl (C=O) groups excluding carboxylic acids is 1. The number of carbonyl (C=O) groups is 1. The van der Waals surface area contributed by atoms with E-state index >= 15 is 0 Å². The summed E-state index contributed by atoms with van der Waals surface area (Å²) in [6.45, 7) is 1.48. The van der Waals surface area contributed by atoms with E-state index in [1.165, 1.54) is 14.0 Å². The Bertz CT molecular complexity index is 312.